The number of ether oxygens (including phenoxy) is 1. The zero-order valence-electron chi connectivity index (χ0n) is 20.0. The number of nitrogens with one attached hydrogen (secondary N) is 1. The number of rotatable bonds is 5. The van der Waals surface area contributed by atoms with Crippen LogP contribution in [0.25, 0.3) is 10.9 Å². The maximum atomic E-state index is 13.3. The number of nitrogen functional groups attached to an aromatic ring is 1. The van der Waals surface area contributed by atoms with E-state index in [1.165, 1.54) is 23.2 Å². The minimum absolute atomic E-state index is 0.0261. The fourth-order valence-corrected chi connectivity index (χ4v) is 4.68. The van der Waals surface area contributed by atoms with E-state index in [9.17, 15) is 22.8 Å². The molecular weight excluding hydrogens is 489 g/mol. The second kappa shape index (κ2) is 10.0. The quantitative estimate of drug-likeness (QED) is 0.490. The number of hydrogen-bond donors (Lipinski definition) is 2. The van der Waals surface area contributed by atoms with Crippen LogP contribution in [0.15, 0.2) is 36.7 Å². The van der Waals surface area contributed by atoms with E-state index in [4.69, 9.17) is 10.5 Å². The molecule has 9 nitrogen and oxygen atoms in total. The summed E-state index contributed by atoms with van der Waals surface area (Å²) in [6.07, 6.45) is 3.17. The second-order valence-corrected chi connectivity index (χ2v) is 9.40. The molecule has 1 unspecified atom stereocenters. The summed E-state index contributed by atoms with van der Waals surface area (Å²) in [7, 11) is 0. The molecule has 3 heterocycles. The molecule has 1 aliphatic heterocycles. The molecule has 1 aromatic carbocycles. The van der Waals surface area contributed by atoms with Crippen LogP contribution in [-0.4, -0.2) is 44.1 Å². The Bertz CT molecular complexity index is 1300. The summed E-state index contributed by atoms with van der Waals surface area (Å²) in [6, 6.07) is 4.45. The Labute approximate surface area is 210 Å². The number of anilines is 2. The van der Waals surface area contributed by atoms with Crippen LogP contribution in [0.1, 0.15) is 55.9 Å². The average Bonchev–Trinajstić information content (AvgIpc) is 3.30. The van der Waals surface area contributed by atoms with E-state index in [0.29, 0.717) is 23.1 Å². The van der Waals surface area contributed by atoms with E-state index in [-0.39, 0.29) is 30.3 Å². The minimum atomic E-state index is -4.45. The fourth-order valence-electron chi connectivity index (χ4n) is 4.68. The summed E-state index contributed by atoms with van der Waals surface area (Å²) in [5, 5.41) is 7.59. The van der Waals surface area contributed by atoms with Gasteiger partial charge in [-0.3, -0.25) is 9.59 Å². The molecule has 2 fully saturated rings. The molecule has 0 radical (unpaired) electrons. The van der Waals surface area contributed by atoms with E-state index in [1.54, 1.807) is 10.9 Å². The van der Waals surface area contributed by atoms with Gasteiger partial charge in [-0.15, -0.1) is 0 Å². The molecule has 1 saturated heterocycles. The summed E-state index contributed by atoms with van der Waals surface area (Å²) in [5.41, 5.74) is 6.56. The first-order chi connectivity index (χ1) is 17.7. The Hall–Kier alpha value is -3.67. The Morgan fingerprint density at radius 1 is 1.11 bits per heavy atom. The smallest absolute Gasteiger partial charge is 0.383 e. The van der Waals surface area contributed by atoms with Crippen molar-refractivity contribution in [1.29, 1.82) is 0 Å². The molecule has 12 heteroatoms. The normalized spacial score (nSPS) is 18.4. The number of halogens is 3. The lowest BCUT2D eigenvalue weighted by atomic mass is 9.91. The van der Waals surface area contributed by atoms with Crippen molar-refractivity contribution in [2.24, 2.45) is 0 Å². The molecule has 196 valence electrons. The first-order valence-corrected chi connectivity index (χ1v) is 12.2. The van der Waals surface area contributed by atoms with E-state index in [1.807, 2.05) is 0 Å². The lowest BCUT2D eigenvalue weighted by Crippen LogP contribution is -2.48. The maximum Gasteiger partial charge on any atom is 0.416 e. The Balaban J connectivity index is 1.38. The predicted molar refractivity (Wildman–Crippen MR) is 129 cm³/mol. The van der Waals surface area contributed by atoms with E-state index in [0.717, 1.165) is 50.7 Å². The Morgan fingerprint density at radius 3 is 2.49 bits per heavy atom. The van der Waals surface area contributed by atoms with Crippen molar-refractivity contribution >= 4 is 34.2 Å². The fraction of sp³-hybridized carbons (Fsp3) is 0.440. The molecule has 5 rings (SSSR count). The topological polar surface area (TPSA) is 115 Å². The number of carbonyl (C=O) groups excluding carboxylic acids is 2. The molecule has 2 amide bonds. The highest BCUT2D eigenvalue weighted by Gasteiger charge is 2.34. The van der Waals surface area contributed by atoms with Gasteiger partial charge >= 0.3 is 18.0 Å². The molecule has 1 saturated carbocycles. The van der Waals surface area contributed by atoms with Gasteiger partial charge in [-0.2, -0.15) is 18.3 Å². The molecule has 3 N–H and O–H groups in total. The highest BCUT2D eigenvalue weighted by Crippen LogP contribution is 2.33. The number of fused-ring (bicyclic) bond motifs is 1. The number of nitrogens with two attached hydrogens (primary N) is 1. The van der Waals surface area contributed by atoms with Gasteiger partial charge in [0.05, 0.1) is 29.0 Å². The number of carbonyl (C=O) groups is 2. The van der Waals surface area contributed by atoms with Crippen LogP contribution < -0.4 is 11.1 Å². The van der Waals surface area contributed by atoms with Gasteiger partial charge in [-0.25, -0.2) is 9.67 Å². The van der Waals surface area contributed by atoms with Gasteiger partial charge in [0.15, 0.2) is 6.23 Å². The van der Waals surface area contributed by atoms with Crippen LogP contribution in [0, 0.1) is 0 Å². The highest BCUT2D eigenvalue weighted by molar-refractivity contribution is 6.40. The molecule has 1 aliphatic carbocycles. The number of aromatic nitrogens is 3. The van der Waals surface area contributed by atoms with Crippen LogP contribution in [0.3, 0.4) is 0 Å². The van der Waals surface area contributed by atoms with Crippen LogP contribution in [-0.2, 0) is 27.0 Å². The monoisotopic (exact) mass is 516 g/mol. The van der Waals surface area contributed by atoms with Gasteiger partial charge in [0.2, 0.25) is 0 Å². The molecular formula is C25H27F3N6O3. The molecule has 37 heavy (non-hydrogen) atoms. The molecule has 2 aliphatic rings. The summed E-state index contributed by atoms with van der Waals surface area (Å²) < 4.78 is 46.3. The summed E-state index contributed by atoms with van der Waals surface area (Å²) in [6.45, 7) is 0.616. The zero-order chi connectivity index (χ0) is 26.2. The molecule has 0 bridgehead atoms. The number of pyridine rings is 1. The summed E-state index contributed by atoms with van der Waals surface area (Å²) >= 11 is 0. The maximum absolute atomic E-state index is 13.3. The van der Waals surface area contributed by atoms with Crippen molar-refractivity contribution in [3.63, 3.8) is 0 Å². The van der Waals surface area contributed by atoms with Crippen molar-refractivity contribution in [2.75, 3.05) is 17.7 Å². The van der Waals surface area contributed by atoms with Crippen molar-refractivity contribution in [3.05, 3.63) is 47.8 Å². The van der Waals surface area contributed by atoms with E-state index >= 15 is 0 Å². The highest BCUT2D eigenvalue weighted by atomic mass is 19.4. The lowest BCUT2D eigenvalue weighted by Gasteiger charge is -2.37. The number of nitrogens with zero attached hydrogens (tertiary/aromatic N) is 4. The number of amides is 2. The Morgan fingerprint density at radius 2 is 1.86 bits per heavy atom. The molecule has 3 aromatic rings. The molecule has 1 atom stereocenters. The average molecular weight is 517 g/mol. The Kier molecular flexibility index (Phi) is 6.76. The van der Waals surface area contributed by atoms with Crippen LogP contribution in [0.5, 0.6) is 0 Å². The SMILES string of the molecule is Nc1ncc(NC(=O)C(=O)N(Cc2ccc(C(F)(F)F)cc2)C2CCC2)c2c1cnn2C1CCCCO1. The first kappa shape index (κ1) is 25.0. The zero-order valence-corrected chi connectivity index (χ0v) is 20.0. The lowest BCUT2D eigenvalue weighted by molar-refractivity contribution is -0.146. The third-order valence-electron chi connectivity index (χ3n) is 6.94. The van der Waals surface area contributed by atoms with E-state index in [2.05, 4.69) is 15.4 Å². The molecule has 0 spiro atoms. The van der Waals surface area contributed by atoms with Crippen molar-refractivity contribution < 1.29 is 27.5 Å². The van der Waals surface area contributed by atoms with Gasteiger partial charge in [-0.05, 0) is 56.2 Å². The van der Waals surface area contributed by atoms with Gasteiger partial charge < -0.3 is 20.7 Å². The van der Waals surface area contributed by atoms with Crippen molar-refractivity contribution in [1.82, 2.24) is 19.7 Å². The van der Waals surface area contributed by atoms with Gasteiger partial charge in [0.25, 0.3) is 0 Å². The third-order valence-corrected chi connectivity index (χ3v) is 6.94. The predicted octanol–water partition coefficient (Wildman–Crippen LogP) is 4.25. The van der Waals surface area contributed by atoms with E-state index < -0.39 is 23.6 Å². The minimum Gasteiger partial charge on any atom is -0.383 e. The second-order valence-electron chi connectivity index (χ2n) is 9.40. The van der Waals surface area contributed by atoms with Gasteiger partial charge in [-0.1, -0.05) is 12.1 Å². The largest absolute Gasteiger partial charge is 0.416 e. The summed E-state index contributed by atoms with van der Waals surface area (Å²) in [5.74, 6) is -1.40. The third kappa shape index (κ3) is 5.10. The number of alkyl halides is 3. The van der Waals surface area contributed by atoms with Crippen molar-refractivity contribution in [3.8, 4) is 0 Å². The number of benzene rings is 1. The summed E-state index contributed by atoms with van der Waals surface area (Å²) in [4.78, 5) is 32.0. The van der Waals surface area contributed by atoms with Crippen LogP contribution >= 0.6 is 0 Å². The standard InChI is InChI=1S/C25H27F3N6O3/c26-25(27,28)16-9-7-15(8-10-16)14-33(17-4-3-5-17)24(36)23(35)32-19-13-30-22(29)18-12-31-34(21(18)19)20-6-1-2-11-37-20/h7-10,12-13,17,20H,1-6,11,14H2,(H2,29,30)(H,32,35). The number of hydrogen-bond acceptors (Lipinski definition) is 6. The van der Waals surface area contributed by atoms with Gasteiger partial charge in [0, 0.05) is 19.2 Å². The molecule has 2 aromatic heterocycles. The van der Waals surface area contributed by atoms with Gasteiger partial charge in [0.1, 0.15) is 11.3 Å². The van der Waals surface area contributed by atoms with Crippen molar-refractivity contribution in [2.45, 2.75) is 63.5 Å². The van der Waals surface area contributed by atoms with Crippen LogP contribution in [0.4, 0.5) is 24.7 Å². The first-order valence-electron chi connectivity index (χ1n) is 12.2. The van der Waals surface area contributed by atoms with Crippen LogP contribution in [0.2, 0.25) is 0 Å².